The van der Waals surface area contributed by atoms with Crippen molar-refractivity contribution in [3.8, 4) is 6.07 Å². The Balaban J connectivity index is 1.66. The SMILES string of the molecule is N#CCCn1ncc2c(NC3CCSc4ccccc43)ncnc21. The minimum absolute atomic E-state index is 0.239. The lowest BCUT2D eigenvalue weighted by Gasteiger charge is -2.26. The fraction of sp³-hybridized carbons (Fsp3) is 0.294. The molecule has 3 aromatic rings. The Morgan fingerprint density at radius 2 is 2.25 bits per heavy atom. The Morgan fingerprint density at radius 3 is 3.17 bits per heavy atom. The van der Waals surface area contributed by atoms with E-state index in [4.69, 9.17) is 5.26 Å². The van der Waals surface area contributed by atoms with E-state index in [1.54, 1.807) is 17.2 Å². The van der Waals surface area contributed by atoms with E-state index in [-0.39, 0.29) is 6.04 Å². The molecule has 1 aromatic carbocycles. The molecule has 24 heavy (non-hydrogen) atoms. The molecule has 0 saturated heterocycles. The van der Waals surface area contributed by atoms with Gasteiger partial charge in [-0.2, -0.15) is 10.4 Å². The van der Waals surface area contributed by atoms with Crippen LogP contribution >= 0.6 is 11.8 Å². The zero-order chi connectivity index (χ0) is 16.4. The van der Waals surface area contributed by atoms with E-state index in [9.17, 15) is 0 Å². The predicted octanol–water partition coefficient (Wildman–Crippen LogP) is 3.39. The van der Waals surface area contributed by atoms with E-state index in [2.05, 4.69) is 50.7 Å². The zero-order valence-electron chi connectivity index (χ0n) is 13.0. The van der Waals surface area contributed by atoms with Gasteiger partial charge in [-0.1, -0.05) is 18.2 Å². The zero-order valence-corrected chi connectivity index (χ0v) is 13.8. The molecule has 0 amide bonds. The van der Waals surface area contributed by atoms with Gasteiger partial charge in [0.1, 0.15) is 12.1 Å². The van der Waals surface area contributed by atoms with Crippen LogP contribution in [0.1, 0.15) is 24.4 Å². The monoisotopic (exact) mass is 336 g/mol. The van der Waals surface area contributed by atoms with Gasteiger partial charge in [0.25, 0.3) is 0 Å². The second kappa shape index (κ2) is 6.49. The third-order valence-electron chi connectivity index (χ3n) is 4.14. The van der Waals surface area contributed by atoms with Gasteiger partial charge in [-0.25, -0.2) is 14.6 Å². The van der Waals surface area contributed by atoms with Crippen LogP contribution in [-0.2, 0) is 6.54 Å². The van der Waals surface area contributed by atoms with E-state index in [0.29, 0.717) is 13.0 Å². The van der Waals surface area contributed by atoms with Gasteiger partial charge in [0.2, 0.25) is 0 Å². The molecule has 120 valence electrons. The number of thioether (sulfide) groups is 1. The molecule has 0 saturated carbocycles. The summed E-state index contributed by atoms with van der Waals surface area (Å²) < 4.78 is 1.76. The average molecular weight is 336 g/mol. The van der Waals surface area contributed by atoms with Crippen molar-refractivity contribution in [2.45, 2.75) is 30.3 Å². The van der Waals surface area contributed by atoms with Crippen molar-refractivity contribution in [2.75, 3.05) is 11.1 Å². The third kappa shape index (κ3) is 2.69. The minimum atomic E-state index is 0.239. The van der Waals surface area contributed by atoms with Crippen LogP contribution < -0.4 is 5.32 Å². The van der Waals surface area contributed by atoms with E-state index >= 15 is 0 Å². The maximum Gasteiger partial charge on any atom is 0.163 e. The number of anilines is 1. The molecule has 7 heteroatoms. The smallest absolute Gasteiger partial charge is 0.163 e. The van der Waals surface area contributed by atoms with Gasteiger partial charge in [0.05, 0.1) is 36.7 Å². The maximum atomic E-state index is 8.76. The van der Waals surface area contributed by atoms with Crippen LogP contribution in [0.5, 0.6) is 0 Å². The lowest BCUT2D eigenvalue weighted by atomic mass is 10.0. The summed E-state index contributed by atoms with van der Waals surface area (Å²) >= 11 is 1.90. The van der Waals surface area contributed by atoms with Crippen molar-refractivity contribution < 1.29 is 0 Å². The Morgan fingerprint density at radius 1 is 1.33 bits per heavy atom. The van der Waals surface area contributed by atoms with Crippen molar-refractivity contribution >= 4 is 28.6 Å². The lowest BCUT2D eigenvalue weighted by Crippen LogP contribution is -2.17. The number of hydrogen-bond donors (Lipinski definition) is 1. The first-order valence-corrected chi connectivity index (χ1v) is 8.87. The van der Waals surface area contributed by atoms with E-state index in [1.165, 1.54) is 10.5 Å². The fourth-order valence-electron chi connectivity index (χ4n) is 2.98. The van der Waals surface area contributed by atoms with Crippen LogP contribution in [-0.4, -0.2) is 25.5 Å². The number of hydrogen-bond acceptors (Lipinski definition) is 6. The molecular formula is C17H16N6S. The van der Waals surface area contributed by atoms with Crippen molar-refractivity contribution in [1.82, 2.24) is 19.7 Å². The van der Waals surface area contributed by atoms with Crippen LogP contribution in [0.25, 0.3) is 11.0 Å². The van der Waals surface area contributed by atoms with Crippen molar-refractivity contribution in [2.24, 2.45) is 0 Å². The first-order chi connectivity index (χ1) is 11.9. The summed E-state index contributed by atoms with van der Waals surface area (Å²) in [5, 5.41) is 17.6. The van der Waals surface area contributed by atoms with Gasteiger partial charge >= 0.3 is 0 Å². The van der Waals surface area contributed by atoms with Crippen LogP contribution in [0.2, 0.25) is 0 Å². The Bertz CT molecular complexity index is 913. The van der Waals surface area contributed by atoms with Crippen molar-refractivity contribution in [1.29, 1.82) is 5.26 Å². The molecule has 3 heterocycles. The largest absolute Gasteiger partial charge is 0.362 e. The Labute approximate surface area is 143 Å². The first kappa shape index (κ1) is 15.0. The predicted molar refractivity (Wildman–Crippen MR) is 93.7 cm³/mol. The van der Waals surface area contributed by atoms with Gasteiger partial charge in [0.15, 0.2) is 5.65 Å². The molecule has 0 aliphatic carbocycles. The number of nitrogens with zero attached hydrogens (tertiary/aromatic N) is 5. The Kier molecular flexibility index (Phi) is 4.05. The summed E-state index contributed by atoms with van der Waals surface area (Å²) in [5.41, 5.74) is 2.08. The molecule has 0 spiro atoms. The van der Waals surface area contributed by atoms with Crippen molar-refractivity contribution in [3.63, 3.8) is 0 Å². The summed E-state index contributed by atoms with van der Waals surface area (Å²) in [4.78, 5) is 10.1. The topological polar surface area (TPSA) is 79.4 Å². The minimum Gasteiger partial charge on any atom is -0.362 e. The number of aryl methyl sites for hydroxylation is 1. The number of aromatic nitrogens is 4. The molecule has 6 nitrogen and oxygen atoms in total. The maximum absolute atomic E-state index is 8.76. The summed E-state index contributed by atoms with van der Waals surface area (Å²) in [7, 11) is 0. The highest BCUT2D eigenvalue weighted by Gasteiger charge is 2.21. The fourth-order valence-corrected chi connectivity index (χ4v) is 4.11. The van der Waals surface area contributed by atoms with E-state index < -0.39 is 0 Å². The molecule has 4 rings (SSSR count). The molecule has 0 bridgehead atoms. The second-order valence-electron chi connectivity index (χ2n) is 5.61. The van der Waals surface area contributed by atoms with Gasteiger partial charge < -0.3 is 5.32 Å². The number of nitrogens with one attached hydrogen (secondary N) is 1. The van der Waals surface area contributed by atoms with Gasteiger partial charge in [0, 0.05) is 10.6 Å². The third-order valence-corrected chi connectivity index (χ3v) is 5.26. The van der Waals surface area contributed by atoms with Crippen LogP contribution in [0.4, 0.5) is 5.82 Å². The first-order valence-electron chi connectivity index (χ1n) is 7.88. The molecular weight excluding hydrogens is 320 g/mol. The normalized spacial score (nSPS) is 16.5. The van der Waals surface area contributed by atoms with E-state index in [0.717, 1.165) is 29.0 Å². The highest BCUT2D eigenvalue weighted by Crippen LogP contribution is 2.38. The average Bonchev–Trinajstić information content (AvgIpc) is 3.04. The Hall–Kier alpha value is -2.59. The summed E-state index contributed by atoms with van der Waals surface area (Å²) in [6.07, 6.45) is 4.80. The van der Waals surface area contributed by atoms with Crippen LogP contribution in [0, 0.1) is 11.3 Å². The highest BCUT2D eigenvalue weighted by atomic mass is 32.2. The lowest BCUT2D eigenvalue weighted by molar-refractivity contribution is 0.643. The number of rotatable bonds is 4. The van der Waals surface area contributed by atoms with Crippen molar-refractivity contribution in [3.05, 3.63) is 42.4 Å². The summed E-state index contributed by atoms with van der Waals surface area (Å²) in [6, 6.07) is 10.9. The molecule has 1 aliphatic heterocycles. The van der Waals surface area contributed by atoms with Gasteiger partial charge in [-0.3, -0.25) is 0 Å². The molecule has 1 atom stereocenters. The van der Waals surface area contributed by atoms with Crippen LogP contribution in [0.3, 0.4) is 0 Å². The second-order valence-corrected chi connectivity index (χ2v) is 6.74. The number of fused-ring (bicyclic) bond motifs is 2. The molecule has 1 N–H and O–H groups in total. The number of nitriles is 1. The standard InChI is InChI=1S/C17H16N6S/c18-7-3-8-23-17-13(10-21-23)16(19-11-20-17)22-14-6-9-24-15-5-2-1-4-12(14)15/h1-2,4-5,10-11,14H,3,6,8-9H2,(H,19,20,22). The summed E-state index contributed by atoms with van der Waals surface area (Å²) in [5.74, 6) is 1.89. The quantitative estimate of drug-likeness (QED) is 0.787. The molecule has 0 radical (unpaired) electrons. The molecule has 2 aromatic heterocycles. The summed E-state index contributed by atoms with van der Waals surface area (Å²) in [6.45, 7) is 0.541. The molecule has 1 aliphatic rings. The molecule has 0 fully saturated rings. The highest BCUT2D eigenvalue weighted by molar-refractivity contribution is 7.99. The van der Waals surface area contributed by atoms with Gasteiger partial charge in [-0.15, -0.1) is 11.8 Å². The van der Waals surface area contributed by atoms with E-state index in [1.807, 2.05) is 11.8 Å². The number of benzene rings is 1. The van der Waals surface area contributed by atoms with Gasteiger partial charge in [-0.05, 0) is 18.1 Å². The van der Waals surface area contributed by atoms with Crippen LogP contribution in [0.15, 0.2) is 41.7 Å². The molecule has 1 unspecified atom stereocenters.